The average molecular weight is 850 g/mol. The summed E-state index contributed by atoms with van der Waals surface area (Å²) in [5, 5.41) is 67.5. The summed E-state index contributed by atoms with van der Waals surface area (Å²) in [6.07, 6.45) is 11.1. The maximum Gasteiger partial charge on any atom is 0.312 e. The summed E-state index contributed by atoms with van der Waals surface area (Å²) in [5.74, 6) is -8.25. The van der Waals surface area contributed by atoms with Crippen LogP contribution in [-0.4, -0.2) is 105 Å². The molecule has 5 bridgehead atoms. The van der Waals surface area contributed by atoms with E-state index in [1.807, 2.05) is 5.01 Å². The van der Waals surface area contributed by atoms with Gasteiger partial charge in [-0.25, -0.2) is 0 Å². The van der Waals surface area contributed by atoms with Crippen LogP contribution in [0.1, 0.15) is 108 Å². The maximum atomic E-state index is 14.5. The molecule has 1 saturated heterocycles. The first kappa shape index (κ1) is 46.9. The molecule has 6 N–H and O–H groups in total. The minimum atomic E-state index is -2.04. The smallest absolute Gasteiger partial charge is 0.312 e. The van der Waals surface area contributed by atoms with E-state index in [4.69, 9.17) is 18.9 Å². The standard InChI is InChI=1S/C46H63N3O12/c1-24-17-16-18-25(2)45(57)48-36-31(23-47-49-20-14-12-10-11-13-15-21-49)40(54)33-34(41(36)55)39(53)29(6)43-35(33)44(56)46(8,61-43)59-22-19-32(58-9)26(3)42(60-30(7)50)28(5)38(52)27(4)37(24)51/h16-19,22-24,26-28,32,37-38,42,51-55H,10-15,20-21H2,1-9H3,(H,48,57)/b17-16+,22-19+,25-18-,47-23?/t24-,26-,27+,28+,32-,37+,38-,42+,46-/m0/s1. The zero-order chi connectivity index (χ0) is 44.9. The first-order valence-corrected chi connectivity index (χ1v) is 21.2. The van der Waals surface area contributed by atoms with E-state index in [0.717, 1.165) is 38.5 Å². The number of aliphatic hydroxyl groups is 2. The number of phenols is 3. The van der Waals surface area contributed by atoms with Crippen LogP contribution in [-0.2, 0) is 23.8 Å². The van der Waals surface area contributed by atoms with Gasteiger partial charge in [-0.1, -0.05) is 71.6 Å². The van der Waals surface area contributed by atoms with Crippen molar-refractivity contribution in [3.8, 4) is 23.0 Å². The molecular weight excluding hydrogens is 787 g/mol. The topological polar surface area (TPSA) is 217 Å². The second kappa shape index (κ2) is 19.7. The number of phenolic OH excluding ortho intramolecular Hbond substituents is 3. The summed E-state index contributed by atoms with van der Waals surface area (Å²) < 4.78 is 23.7. The number of hydrogen-bond acceptors (Lipinski definition) is 14. The number of fused-ring (bicyclic) bond motifs is 14. The third kappa shape index (κ3) is 9.84. The van der Waals surface area contributed by atoms with Crippen LogP contribution in [0.2, 0.25) is 0 Å². The van der Waals surface area contributed by atoms with Crippen molar-refractivity contribution in [2.45, 2.75) is 124 Å². The number of carbonyl (C=O) groups is 3. The highest BCUT2D eigenvalue weighted by Crippen LogP contribution is 2.55. The van der Waals surface area contributed by atoms with Gasteiger partial charge >= 0.3 is 11.8 Å². The van der Waals surface area contributed by atoms with Crippen molar-refractivity contribution in [1.29, 1.82) is 0 Å². The number of hydrazone groups is 1. The van der Waals surface area contributed by atoms with Gasteiger partial charge in [-0.2, -0.15) is 5.10 Å². The third-order valence-electron chi connectivity index (χ3n) is 12.5. The number of amides is 1. The molecule has 6 rings (SSSR count). The number of carbonyl (C=O) groups excluding carboxylic acids is 3. The number of nitrogens with one attached hydrogen (secondary N) is 1. The van der Waals surface area contributed by atoms with E-state index in [2.05, 4.69) is 10.4 Å². The van der Waals surface area contributed by atoms with Crippen LogP contribution in [0.25, 0.3) is 10.8 Å². The van der Waals surface area contributed by atoms with Gasteiger partial charge in [0.1, 0.15) is 23.4 Å². The van der Waals surface area contributed by atoms with Crippen molar-refractivity contribution >= 4 is 40.3 Å². The number of esters is 1. The first-order valence-electron chi connectivity index (χ1n) is 21.2. The summed E-state index contributed by atoms with van der Waals surface area (Å²) in [5.41, 5.74) is -0.276. The molecule has 0 saturated carbocycles. The molecule has 2 aromatic carbocycles. The fourth-order valence-electron chi connectivity index (χ4n) is 8.53. The number of ether oxygens (including phenoxy) is 4. The van der Waals surface area contributed by atoms with E-state index in [0.29, 0.717) is 13.1 Å². The van der Waals surface area contributed by atoms with Crippen molar-refractivity contribution in [2.24, 2.45) is 28.8 Å². The van der Waals surface area contributed by atoms with Gasteiger partial charge in [0.25, 0.3) is 11.7 Å². The first-order chi connectivity index (χ1) is 28.8. The Kier molecular flexibility index (Phi) is 15.2. The Bertz CT molecular complexity index is 2090. The van der Waals surface area contributed by atoms with Crippen LogP contribution in [0.4, 0.5) is 5.69 Å². The molecule has 0 aromatic heterocycles. The lowest BCUT2D eigenvalue weighted by molar-refractivity contribution is -0.160. The number of hydrogen-bond donors (Lipinski definition) is 6. The lowest BCUT2D eigenvalue weighted by Gasteiger charge is -2.38. The fourth-order valence-corrected chi connectivity index (χ4v) is 8.53. The van der Waals surface area contributed by atoms with Crippen molar-refractivity contribution in [1.82, 2.24) is 5.01 Å². The van der Waals surface area contributed by atoms with Crippen LogP contribution in [0, 0.1) is 30.6 Å². The maximum absolute atomic E-state index is 14.5. The van der Waals surface area contributed by atoms with Crippen molar-refractivity contribution < 1.29 is 58.9 Å². The van der Waals surface area contributed by atoms with E-state index in [9.17, 15) is 39.9 Å². The molecule has 61 heavy (non-hydrogen) atoms. The predicted molar refractivity (Wildman–Crippen MR) is 231 cm³/mol. The number of ketones is 1. The van der Waals surface area contributed by atoms with Crippen LogP contribution in [0.3, 0.4) is 0 Å². The Balaban J connectivity index is 1.71. The molecular formula is C46H63N3O12. The van der Waals surface area contributed by atoms with E-state index in [1.54, 1.807) is 39.8 Å². The Morgan fingerprint density at radius 1 is 0.902 bits per heavy atom. The number of Topliss-reactive ketones (excluding diaryl/α,β-unsaturated/α-hetero) is 1. The lowest BCUT2D eigenvalue weighted by Crippen LogP contribution is -2.46. The van der Waals surface area contributed by atoms with Gasteiger partial charge in [-0.3, -0.25) is 19.4 Å². The Morgan fingerprint density at radius 3 is 2.16 bits per heavy atom. The Hall–Kier alpha value is -5.12. The summed E-state index contributed by atoms with van der Waals surface area (Å²) in [6, 6.07) is 0. The third-order valence-corrected chi connectivity index (χ3v) is 12.5. The molecule has 9 atom stereocenters. The second-order valence-corrected chi connectivity index (χ2v) is 16.9. The Labute approximate surface area is 357 Å². The number of rotatable bonds is 4. The number of methoxy groups -OCH3 is 1. The molecule has 1 fully saturated rings. The Morgan fingerprint density at radius 2 is 1.54 bits per heavy atom. The van der Waals surface area contributed by atoms with E-state index < -0.39 is 88.8 Å². The molecule has 15 nitrogen and oxygen atoms in total. The molecule has 4 heterocycles. The van der Waals surface area contributed by atoms with Crippen molar-refractivity contribution in [3.05, 3.63) is 52.8 Å². The monoisotopic (exact) mass is 849 g/mol. The minimum Gasteiger partial charge on any atom is -0.507 e. The largest absolute Gasteiger partial charge is 0.507 e. The molecule has 334 valence electrons. The quantitative estimate of drug-likeness (QED) is 0.0814. The molecule has 1 amide bonds. The normalized spacial score (nSPS) is 31.7. The second-order valence-electron chi connectivity index (χ2n) is 16.9. The van der Waals surface area contributed by atoms with Gasteiger partial charge in [-0.05, 0) is 32.8 Å². The number of nitrogens with zero attached hydrogens (tertiary/aromatic N) is 2. The van der Waals surface area contributed by atoms with Gasteiger partial charge in [0.2, 0.25) is 0 Å². The number of aliphatic hydroxyl groups excluding tert-OH is 2. The number of allylic oxidation sites excluding steroid dienone is 2. The highest BCUT2D eigenvalue weighted by molar-refractivity contribution is 6.23. The predicted octanol–water partition coefficient (Wildman–Crippen LogP) is 6.74. The average Bonchev–Trinajstić information content (AvgIpc) is 3.56. The molecule has 0 unspecified atom stereocenters. The molecule has 15 heteroatoms. The highest BCUT2D eigenvalue weighted by atomic mass is 16.7. The van der Waals surface area contributed by atoms with Gasteiger partial charge in [0.05, 0.1) is 53.0 Å². The molecule has 0 aliphatic carbocycles. The summed E-state index contributed by atoms with van der Waals surface area (Å²) in [7, 11) is 1.44. The number of benzene rings is 2. The number of anilines is 1. The van der Waals surface area contributed by atoms with Crippen LogP contribution < -0.4 is 10.1 Å². The SMILES string of the molecule is CO[C@H]1/C=C/O[C@@]2(C)Oc3c(C)c(O)c4c(O)c(c(C=NN5CCCCCCCC5)c(O)c4c3C2=O)NC(=O)/C(C)=C\C=C\[C@H](C)[C@@H](O)[C@@H](C)[C@H](O)[C@@H](C)[C@H](OC(C)=O)[C@H]1C. The van der Waals surface area contributed by atoms with Crippen molar-refractivity contribution in [3.63, 3.8) is 0 Å². The zero-order valence-electron chi connectivity index (χ0n) is 36.7. The van der Waals surface area contributed by atoms with Crippen LogP contribution in [0.5, 0.6) is 23.0 Å². The van der Waals surface area contributed by atoms with E-state index >= 15 is 0 Å². The van der Waals surface area contributed by atoms with Crippen LogP contribution in [0.15, 0.2) is 41.2 Å². The summed E-state index contributed by atoms with van der Waals surface area (Å²) in [4.78, 5) is 40.7. The number of aromatic hydroxyl groups is 3. The van der Waals surface area contributed by atoms with Gasteiger partial charge in [-0.15, -0.1) is 0 Å². The lowest BCUT2D eigenvalue weighted by atomic mass is 9.78. The van der Waals surface area contributed by atoms with E-state index in [-0.39, 0.29) is 44.5 Å². The van der Waals surface area contributed by atoms with E-state index in [1.165, 1.54) is 59.4 Å². The molecule has 0 spiro atoms. The summed E-state index contributed by atoms with van der Waals surface area (Å²) >= 11 is 0. The summed E-state index contributed by atoms with van der Waals surface area (Å²) in [6.45, 7) is 13.9. The van der Waals surface area contributed by atoms with Gasteiger partial charge in [0, 0.05) is 74.2 Å². The molecule has 4 aliphatic heterocycles. The molecule has 0 radical (unpaired) electrons. The zero-order valence-corrected chi connectivity index (χ0v) is 36.7. The molecule has 4 aliphatic rings. The van der Waals surface area contributed by atoms with Gasteiger partial charge < -0.3 is 49.8 Å². The minimum absolute atomic E-state index is 0.0645. The fraction of sp³-hybridized carbons (Fsp3) is 0.565. The molecule has 2 aromatic rings. The van der Waals surface area contributed by atoms with Crippen LogP contribution >= 0.6 is 0 Å². The van der Waals surface area contributed by atoms with Gasteiger partial charge in [0.15, 0.2) is 5.75 Å². The highest BCUT2D eigenvalue weighted by Gasteiger charge is 2.50. The van der Waals surface area contributed by atoms with Crippen molar-refractivity contribution in [2.75, 3.05) is 25.5 Å².